The first kappa shape index (κ1) is 26.3. The number of rotatable bonds is 10. The molecule has 37 heavy (non-hydrogen) atoms. The van der Waals surface area contributed by atoms with Crippen molar-refractivity contribution in [3.63, 3.8) is 0 Å². The molecule has 1 fully saturated rings. The first-order chi connectivity index (χ1) is 17.9. The SMILES string of the molecule is C=CCc1cc(/C=C2/NC(=O)N(Cc3ccccc3)C2=O)cc(OCC)c1OCc1ccc(Cl)cc1Cl. The van der Waals surface area contributed by atoms with Crippen LogP contribution < -0.4 is 14.8 Å². The fourth-order valence-electron chi connectivity index (χ4n) is 3.94. The van der Waals surface area contributed by atoms with Crippen LogP contribution in [0.15, 0.2) is 79.0 Å². The summed E-state index contributed by atoms with van der Waals surface area (Å²) in [5, 5.41) is 3.73. The van der Waals surface area contributed by atoms with Crippen LogP contribution in [0, 0.1) is 0 Å². The van der Waals surface area contributed by atoms with E-state index in [9.17, 15) is 9.59 Å². The first-order valence-electron chi connectivity index (χ1n) is 11.8. The molecule has 0 atom stereocenters. The molecule has 1 aliphatic rings. The average Bonchev–Trinajstić information content (AvgIpc) is 3.13. The Balaban J connectivity index is 1.62. The van der Waals surface area contributed by atoms with E-state index < -0.39 is 11.9 Å². The van der Waals surface area contributed by atoms with Gasteiger partial charge in [-0.25, -0.2) is 4.79 Å². The molecule has 0 bridgehead atoms. The number of imide groups is 1. The molecule has 1 heterocycles. The predicted molar refractivity (Wildman–Crippen MR) is 146 cm³/mol. The van der Waals surface area contributed by atoms with Gasteiger partial charge in [0.1, 0.15) is 12.3 Å². The number of hydrogen-bond donors (Lipinski definition) is 1. The molecule has 1 saturated heterocycles. The van der Waals surface area contributed by atoms with Crippen LogP contribution in [0.4, 0.5) is 4.79 Å². The van der Waals surface area contributed by atoms with E-state index in [0.717, 1.165) is 16.7 Å². The van der Waals surface area contributed by atoms with Crippen molar-refractivity contribution >= 4 is 41.2 Å². The van der Waals surface area contributed by atoms with Crippen molar-refractivity contribution in [2.45, 2.75) is 26.5 Å². The van der Waals surface area contributed by atoms with E-state index in [4.69, 9.17) is 32.7 Å². The summed E-state index contributed by atoms with van der Waals surface area (Å²) in [4.78, 5) is 26.7. The van der Waals surface area contributed by atoms with Gasteiger partial charge in [0.25, 0.3) is 5.91 Å². The normalized spacial score (nSPS) is 14.1. The lowest BCUT2D eigenvalue weighted by atomic mass is 10.0. The second kappa shape index (κ2) is 12.0. The van der Waals surface area contributed by atoms with Crippen LogP contribution in [-0.4, -0.2) is 23.4 Å². The smallest absolute Gasteiger partial charge is 0.329 e. The van der Waals surface area contributed by atoms with Crippen LogP contribution in [0.25, 0.3) is 6.08 Å². The largest absolute Gasteiger partial charge is 0.490 e. The molecule has 1 N–H and O–H groups in total. The van der Waals surface area contributed by atoms with Crippen LogP contribution in [0.2, 0.25) is 10.0 Å². The van der Waals surface area contributed by atoms with Crippen LogP contribution in [0.5, 0.6) is 11.5 Å². The number of carbonyl (C=O) groups excluding carboxylic acids is 2. The van der Waals surface area contributed by atoms with Gasteiger partial charge in [-0.05, 0) is 54.8 Å². The molecule has 0 aliphatic carbocycles. The highest BCUT2D eigenvalue weighted by atomic mass is 35.5. The van der Waals surface area contributed by atoms with Crippen LogP contribution in [-0.2, 0) is 24.4 Å². The number of halogens is 2. The van der Waals surface area contributed by atoms with E-state index in [2.05, 4.69) is 11.9 Å². The van der Waals surface area contributed by atoms with Crippen molar-refractivity contribution in [3.8, 4) is 11.5 Å². The number of nitrogens with one attached hydrogen (secondary N) is 1. The van der Waals surface area contributed by atoms with Crippen molar-refractivity contribution in [3.05, 3.63) is 111 Å². The van der Waals surface area contributed by atoms with E-state index in [1.807, 2.05) is 49.4 Å². The molecule has 4 rings (SSSR count). The topological polar surface area (TPSA) is 67.9 Å². The zero-order valence-electron chi connectivity index (χ0n) is 20.3. The van der Waals surface area contributed by atoms with Crippen LogP contribution in [0.3, 0.4) is 0 Å². The summed E-state index contributed by atoms with van der Waals surface area (Å²) >= 11 is 12.3. The minimum atomic E-state index is -0.462. The molecule has 0 unspecified atom stereocenters. The molecule has 1 aliphatic heterocycles. The maximum Gasteiger partial charge on any atom is 0.329 e. The molecular weight excluding hydrogens is 511 g/mol. The third-order valence-electron chi connectivity index (χ3n) is 5.66. The molecule has 6 nitrogen and oxygen atoms in total. The highest BCUT2D eigenvalue weighted by Crippen LogP contribution is 2.36. The Hall–Kier alpha value is -3.74. The van der Waals surface area contributed by atoms with E-state index >= 15 is 0 Å². The van der Waals surface area contributed by atoms with Gasteiger partial charge in [0.15, 0.2) is 11.5 Å². The van der Waals surface area contributed by atoms with Gasteiger partial charge in [-0.15, -0.1) is 6.58 Å². The van der Waals surface area contributed by atoms with Crippen LogP contribution >= 0.6 is 23.2 Å². The Morgan fingerprint density at radius 1 is 1.00 bits per heavy atom. The molecular formula is C29H26Cl2N2O4. The molecule has 8 heteroatoms. The number of hydrogen-bond acceptors (Lipinski definition) is 4. The summed E-state index contributed by atoms with van der Waals surface area (Å²) in [6.07, 6.45) is 3.90. The van der Waals surface area contributed by atoms with Gasteiger partial charge in [-0.1, -0.05) is 65.7 Å². The molecule has 0 aromatic heterocycles. The predicted octanol–water partition coefficient (Wildman–Crippen LogP) is 6.79. The number of carbonyl (C=O) groups is 2. The van der Waals surface area contributed by atoms with Crippen molar-refractivity contribution in [2.24, 2.45) is 0 Å². The van der Waals surface area contributed by atoms with Gasteiger partial charge in [0.05, 0.1) is 13.2 Å². The number of urea groups is 1. The van der Waals surface area contributed by atoms with E-state index in [1.165, 1.54) is 4.90 Å². The second-order valence-electron chi connectivity index (χ2n) is 8.32. The summed E-state index contributed by atoms with van der Waals surface area (Å²) < 4.78 is 12.1. The minimum absolute atomic E-state index is 0.189. The number of benzene rings is 3. The molecule has 3 amide bonds. The maximum absolute atomic E-state index is 13.0. The lowest BCUT2D eigenvalue weighted by Gasteiger charge is -2.17. The lowest BCUT2D eigenvalue weighted by molar-refractivity contribution is -0.123. The fraction of sp³-hybridized carbons (Fsp3) is 0.172. The zero-order valence-corrected chi connectivity index (χ0v) is 21.8. The number of nitrogens with zero attached hydrogens (tertiary/aromatic N) is 1. The Morgan fingerprint density at radius 3 is 2.49 bits per heavy atom. The number of allylic oxidation sites excluding steroid dienone is 1. The Bertz CT molecular complexity index is 1360. The molecule has 3 aromatic carbocycles. The van der Waals surface area contributed by atoms with E-state index in [1.54, 1.807) is 30.4 Å². The summed E-state index contributed by atoms with van der Waals surface area (Å²) in [5.74, 6) is 0.675. The second-order valence-corrected chi connectivity index (χ2v) is 9.17. The van der Waals surface area contributed by atoms with Gasteiger partial charge in [0, 0.05) is 21.2 Å². The molecule has 0 spiro atoms. The average molecular weight is 537 g/mol. The van der Waals surface area contributed by atoms with Gasteiger partial charge >= 0.3 is 6.03 Å². The lowest BCUT2D eigenvalue weighted by Crippen LogP contribution is -2.30. The van der Waals surface area contributed by atoms with Crippen molar-refractivity contribution in [1.82, 2.24) is 10.2 Å². The maximum atomic E-state index is 13.0. The third-order valence-corrected chi connectivity index (χ3v) is 6.25. The minimum Gasteiger partial charge on any atom is -0.490 e. The highest BCUT2D eigenvalue weighted by molar-refractivity contribution is 6.35. The first-order valence-corrected chi connectivity index (χ1v) is 12.5. The zero-order chi connectivity index (χ0) is 26.4. The summed E-state index contributed by atoms with van der Waals surface area (Å²) in [6, 6.07) is 17.8. The van der Waals surface area contributed by atoms with Gasteiger partial charge in [0.2, 0.25) is 0 Å². The van der Waals surface area contributed by atoms with Crippen molar-refractivity contribution in [1.29, 1.82) is 0 Å². The van der Waals surface area contributed by atoms with Gasteiger partial charge in [-0.3, -0.25) is 9.69 Å². The van der Waals surface area contributed by atoms with Crippen LogP contribution in [0.1, 0.15) is 29.2 Å². The van der Waals surface area contributed by atoms with E-state index in [0.29, 0.717) is 40.1 Å². The highest BCUT2D eigenvalue weighted by Gasteiger charge is 2.33. The monoisotopic (exact) mass is 536 g/mol. The Labute approximate surface area is 226 Å². The molecule has 190 valence electrons. The van der Waals surface area contributed by atoms with Gasteiger partial charge < -0.3 is 14.8 Å². The standard InChI is InChI=1S/C29H26Cl2N2O4/c1-3-8-21-13-20(14-25-28(34)33(29(35)32-25)17-19-9-6-5-7-10-19)15-26(36-4-2)27(21)37-18-22-11-12-23(30)16-24(22)31/h3,5-7,9-16H,1,4,8,17-18H2,2H3,(H,32,35)/b25-14+. The summed E-state index contributed by atoms with van der Waals surface area (Å²) in [5.41, 5.74) is 3.33. The summed E-state index contributed by atoms with van der Waals surface area (Å²) in [6.45, 7) is 6.54. The fourth-order valence-corrected chi connectivity index (χ4v) is 4.40. The van der Waals surface area contributed by atoms with E-state index in [-0.39, 0.29) is 18.8 Å². The molecule has 3 aromatic rings. The number of amides is 3. The Morgan fingerprint density at radius 2 is 1.78 bits per heavy atom. The third kappa shape index (κ3) is 6.34. The molecule has 0 radical (unpaired) electrons. The van der Waals surface area contributed by atoms with Gasteiger partial charge in [-0.2, -0.15) is 0 Å². The quantitative estimate of drug-likeness (QED) is 0.176. The van der Waals surface area contributed by atoms with Crippen molar-refractivity contribution in [2.75, 3.05) is 6.61 Å². The van der Waals surface area contributed by atoms with Crippen molar-refractivity contribution < 1.29 is 19.1 Å². The number of ether oxygens (including phenoxy) is 2. The summed E-state index contributed by atoms with van der Waals surface area (Å²) in [7, 11) is 0. The molecule has 0 saturated carbocycles. The Kier molecular flexibility index (Phi) is 8.54.